The molecule has 0 aliphatic rings. The lowest BCUT2D eigenvalue weighted by molar-refractivity contribution is 0.0450. The van der Waals surface area contributed by atoms with Gasteiger partial charge in [0, 0.05) is 0 Å². The van der Waals surface area contributed by atoms with Crippen molar-refractivity contribution in [2.45, 2.75) is 186 Å². The van der Waals surface area contributed by atoms with Gasteiger partial charge in [0.25, 0.3) is 0 Å². The molecule has 0 fully saturated rings. The van der Waals surface area contributed by atoms with E-state index in [1.54, 1.807) is 0 Å². The van der Waals surface area contributed by atoms with Crippen molar-refractivity contribution in [1.82, 2.24) is 0 Å². The van der Waals surface area contributed by atoms with Gasteiger partial charge >= 0.3 is 0 Å². The molecule has 0 saturated carbocycles. The molecular weight excluding hydrogens is 524 g/mol. The normalized spacial score (nSPS) is 12.9. The SMILES string of the molecule is CCCCCCCCCCCCSC(CC)OC(CC)SCCCCCCCCCCCC.OCC(O)CO. The summed E-state index contributed by atoms with van der Waals surface area (Å²) < 4.78 is 6.46. The number of rotatable bonds is 30. The number of ether oxygens (including phenoxy) is 1. The summed E-state index contributed by atoms with van der Waals surface area (Å²) in [6.07, 6.45) is 29.8. The first kappa shape index (κ1) is 41.7. The van der Waals surface area contributed by atoms with E-state index in [9.17, 15) is 0 Å². The Morgan fingerprint density at radius 2 is 0.744 bits per heavy atom. The average Bonchev–Trinajstić information content (AvgIpc) is 2.96. The van der Waals surface area contributed by atoms with Gasteiger partial charge in [-0.1, -0.05) is 143 Å². The molecule has 0 bridgehead atoms. The van der Waals surface area contributed by atoms with Crippen molar-refractivity contribution in [2.75, 3.05) is 24.7 Å². The van der Waals surface area contributed by atoms with E-state index in [4.69, 9.17) is 20.1 Å². The second-order valence-electron chi connectivity index (χ2n) is 10.9. The Morgan fingerprint density at radius 3 is 0.974 bits per heavy atom. The maximum atomic E-state index is 8.17. The molecule has 0 aliphatic heterocycles. The fourth-order valence-corrected chi connectivity index (χ4v) is 6.58. The van der Waals surface area contributed by atoms with Gasteiger partial charge in [0.15, 0.2) is 0 Å². The predicted octanol–water partition coefficient (Wildman–Crippen LogP) is 10.1. The molecule has 0 spiro atoms. The highest BCUT2D eigenvalue weighted by molar-refractivity contribution is 8.00. The third-order valence-corrected chi connectivity index (χ3v) is 9.68. The van der Waals surface area contributed by atoms with Crippen LogP contribution in [0.5, 0.6) is 0 Å². The van der Waals surface area contributed by atoms with Crippen LogP contribution in [0, 0.1) is 0 Å². The largest absolute Gasteiger partial charge is 0.394 e. The zero-order valence-corrected chi connectivity index (χ0v) is 28.3. The first-order valence-corrected chi connectivity index (χ1v) is 19.0. The van der Waals surface area contributed by atoms with Crippen LogP contribution in [0.1, 0.15) is 169 Å². The summed E-state index contributed by atoms with van der Waals surface area (Å²) >= 11 is 4.13. The molecule has 0 aromatic rings. The first-order valence-electron chi connectivity index (χ1n) is 16.9. The van der Waals surface area contributed by atoms with Gasteiger partial charge in [-0.15, -0.1) is 23.5 Å². The molecular formula is C33H70O4S2. The van der Waals surface area contributed by atoms with Gasteiger partial charge in [0.1, 0.15) is 17.0 Å². The molecule has 0 amide bonds. The third kappa shape index (κ3) is 34.6. The Bertz CT molecular complexity index is 393. The molecule has 0 aromatic carbocycles. The van der Waals surface area contributed by atoms with E-state index in [0.29, 0.717) is 10.9 Å². The molecule has 6 heteroatoms. The fraction of sp³-hybridized carbons (Fsp3) is 1.00. The average molecular weight is 595 g/mol. The quantitative estimate of drug-likeness (QED) is 0.0568. The van der Waals surface area contributed by atoms with E-state index in [1.807, 2.05) is 0 Å². The number of thioether (sulfide) groups is 2. The van der Waals surface area contributed by atoms with E-state index < -0.39 is 6.10 Å². The molecule has 0 saturated heterocycles. The minimum absolute atomic E-state index is 0.365. The van der Waals surface area contributed by atoms with Crippen LogP contribution in [-0.2, 0) is 4.74 Å². The van der Waals surface area contributed by atoms with Crippen LogP contribution in [0.25, 0.3) is 0 Å². The number of unbranched alkanes of at least 4 members (excludes halogenated alkanes) is 18. The van der Waals surface area contributed by atoms with Crippen LogP contribution in [0.3, 0.4) is 0 Å². The van der Waals surface area contributed by atoms with Crippen LogP contribution in [0.15, 0.2) is 0 Å². The molecule has 2 atom stereocenters. The molecule has 39 heavy (non-hydrogen) atoms. The number of aliphatic hydroxyl groups is 3. The highest BCUT2D eigenvalue weighted by Crippen LogP contribution is 2.26. The van der Waals surface area contributed by atoms with E-state index in [1.165, 1.54) is 140 Å². The highest BCUT2D eigenvalue weighted by Gasteiger charge is 2.14. The Labute approximate surface area is 253 Å². The summed E-state index contributed by atoms with van der Waals surface area (Å²) in [5.74, 6) is 2.54. The first-order chi connectivity index (χ1) is 19.1. The van der Waals surface area contributed by atoms with E-state index in [-0.39, 0.29) is 13.2 Å². The zero-order valence-electron chi connectivity index (χ0n) is 26.7. The minimum Gasteiger partial charge on any atom is -0.394 e. The smallest absolute Gasteiger partial charge is 0.104 e. The van der Waals surface area contributed by atoms with E-state index >= 15 is 0 Å². The molecule has 238 valence electrons. The highest BCUT2D eigenvalue weighted by atomic mass is 32.2. The second-order valence-corrected chi connectivity index (χ2v) is 13.5. The lowest BCUT2D eigenvalue weighted by atomic mass is 10.1. The van der Waals surface area contributed by atoms with Crippen molar-refractivity contribution in [3.05, 3.63) is 0 Å². The maximum Gasteiger partial charge on any atom is 0.104 e. The monoisotopic (exact) mass is 594 g/mol. The molecule has 3 N–H and O–H groups in total. The van der Waals surface area contributed by atoms with Crippen LogP contribution < -0.4 is 0 Å². The molecule has 0 heterocycles. The van der Waals surface area contributed by atoms with E-state index in [0.717, 1.165) is 12.8 Å². The molecule has 0 aromatic heterocycles. The van der Waals surface area contributed by atoms with Crippen molar-refractivity contribution in [3.8, 4) is 0 Å². The van der Waals surface area contributed by atoms with Gasteiger partial charge in [0.2, 0.25) is 0 Å². The van der Waals surface area contributed by atoms with Crippen LogP contribution >= 0.6 is 23.5 Å². The van der Waals surface area contributed by atoms with Crippen molar-refractivity contribution in [3.63, 3.8) is 0 Å². The second kappa shape index (κ2) is 36.6. The maximum absolute atomic E-state index is 8.17. The molecule has 4 nitrogen and oxygen atoms in total. The van der Waals surface area contributed by atoms with Gasteiger partial charge in [-0.3, -0.25) is 0 Å². The summed E-state index contributed by atoms with van der Waals surface area (Å²) in [4.78, 5) is 0. The van der Waals surface area contributed by atoms with Crippen molar-refractivity contribution in [1.29, 1.82) is 0 Å². The van der Waals surface area contributed by atoms with Gasteiger partial charge in [-0.25, -0.2) is 0 Å². The van der Waals surface area contributed by atoms with Gasteiger partial charge in [-0.2, -0.15) is 0 Å². The topological polar surface area (TPSA) is 69.9 Å². The molecule has 0 aliphatic carbocycles. The fourth-order valence-electron chi connectivity index (χ4n) is 4.34. The van der Waals surface area contributed by atoms with Crippen LogP contribution in [0.4, 0.5) is 0 Å². The standard InChI is InChI=1S/C30H62OS2.C3H8O3/c1-5-9-11-13-15-17-19-21-23-25-27-32-29(7-3)31-30(8-4)33-28-26-24-22-20-18-16-14-12-10-6-2;4-1-3(6)2-5/h29-30H,5-28H2,1-4H3;3-6H,1-2H2. The summed E-state index contributed by atoms with van der Waals surface area (Å²) in [5.41, 5.74) is 0.794. The van der Waals surface area contributed by atoms with Crippen molar-refractivity contribution in [2.24, 2.45) is 0 Å². The van der Waals surface area contributed by atoms with E-state index in [2.05, 4.69) is 51.2 Å². The van der Waals surface area contributed by atoms with Crippen molar-refractivity contribution < 1.29 is 20.1 Å². The van der Waals surface area contributed by atoms with Gasteiger partial charge in [0.05, 0.1) is 13.2 Å². The lowest BCUT2D eigenvalue weighted by Gasteiger charge is -2.22. The molecule has 2 unspecified atom stereocenters. The third-order valence-electron chi connectivity index (χ3n) is 6.99. The molecule has 0 rings (SSSR count). The Kier molecular flexibility index (Phi) is 39.1. The Hall–Kier alpha value is 0.540. The number of hydrogen-bond donors (Lipinski definition) is 3. The van der Waals surface area contributed by atoms with Crippen LogP contribution in [-0.4, -0.2) is 57.0 Å². The number of aliphatic hydroxyl groups excluding tert-OH is 3. The summed E-state index contributed by atoms with van der Waals surface area (Å²) in [6.45, 7) is 8.44. The van der Waals surface area contributed by atoms with Crippen molar-refractivity contribution >= 4 is 23.5 Å². The van der Waals surface area contributed by atoms with Gasteiger partial charge < -0.3 is 20.1 Å². The summed E-state index contributed by atoms with van der Waals surface area (Å²) in [7, 11) is 0. The van der Waals surface area contributed by atoms with Gasteiger partial charge in [-0.05, 0) is 37.2 Å². The summed E-state index contributed by atoms with van der Waals surface area (Å²) in [6, 6.07) is 0. The predicted molar refractivity (Wildman–Crippen MR) is 178 cm³/mol. The Balaban J connectivity index is 0. The minimum atomic E-state index is -0.954. The molecule has 0 radical (unpaired) electrons. The van der Waals surface area contributed by atoms with Crippen LogP contribution in [0.2, 0.25) is 0 Å². The lowest BCUT2D eigenvalue weighted by Crippen LogP contribution is -2.17. The summed E-state index contributed by atoms with van der Waals surface area (Å²) in [5, 5.41) is 24.0. The Morgan fingerprint density at radius 1 is 0.462 bits per heavy atom. The zero-order chi connectivity index (χ0) is 29.2. The number of hydrogen-bond acceptors (Lipinski definition) is 6.